The van der Waals surface area contributed by atoms with Crippen molar-refractivity contribution in [1.82, 2.24) is 19.3 Å². The van der Waals surface area contributed by atoms with Gasteiger partial charge in [-0.1, -0.05) is 53.7 Å². The number of thioether (sulfide) groups is 1. The third-order valence-corrected chi connectivity index (χ3v) is 6.72. The number of hydrogen-bond donors (Lipinski definition) is 1. The van der Waals surface area contributed by atoms with Crippen LogP contribution in [0, 0.1) is 27.7 Å². The highest BCUT2D eigenvalue weighted by atomic mass is 32.2. The zero-order chi connectivity index (χ0) is 24.4. The van der Waals surface area contributed by atoms with Crippen molar-refractivity contribution in [3.8, 4) is 0 Å². The SMILES string of the molecule is CCn1nc(C)c2nc(SCC(=O)Nc3cc(C)ccc3C)n(Cc3ccc(C)cc3)c(=O)c21. The third kappa shape index (κ3) is 4.92. The van der Waals surface area contributed by atoms with Gasteiger partial charge in [0.1, 0.15) is 5.52 Å². The number of fused-ring (bicyclic) bond motifs is 1. The summed E-state index contributed by atoms with van der Waals surface area (Å²) in [6, 6.07) is 14.0. The van der Waals surface area contributed by atoms with E-state index in [-0.39, 0.29) is 17.2 Å². The summed E-state index contributed by atoms with van der Waals surface area (Å²) in [6.07, 6.45) is 0. The predicted molar refractivity (Wildman–Crippen MR) is 138 cm³/mol. The minimum Gasteiger partial charge on any atom is -0.325 e. The largest absolute Gasteiger partial charge is 0.325 e. The van der Waals surface area contributed by atoms with E-state index < -0.39 is 0 Å². The summed E-state index contributed by atoms with van der Waals surface area (Å²) in [4.78, 5) is 31.1. The smallest absolute Gasteiger partial charge is 0.280 e. The normalized spacial score (nSPS) is 11.2. The van der Waals surface area contributed by atoms with Crippen LogP contribution in [0.1, 0.15) is 34.9 Å². The van der Waals surface area contributed by atoms with E-state index in [9.17, 15) is 9.59 Å². The summed E-state index contributed by atoms with van der Waals surface area (Å²) < 4.78 is 3.35. The molecule has 0 aliphatic rings. The molecule has 2 aromatic carbocycles. The molecule has 0 saturated heterocycles. The van der Waals surface area contributed by atoms with Gasteiger partial charge in [0.2, 0.25) is 5.91 Å². The summed E-state index contributed by atoms with van der Waals surface area (Å²) >= 11 is 1.26. The third-order valence-electron chi connectivity index (χ3n) is 5.74. The molecule has 34 heavy (non-hydrogen) atoms. The fourth-order valence-corrected chi connectivity index (χ4v) is 4.62. The Morgan fingerprint density at radius 3 is 2.44 bits per heavy atom. The molecule has 0 spiro atoms. The highest BCUT2D eigenvalue weighted by molar-refractivity contribution is 7.99. The number of nitrogens with zero attached hydrogens (tertiary/aromatic N) is 4. The van der Waals surface area contributed by atoms with Crippen LogP contribution in [0.5, 0.6) is 0 Å². The first kappa shape index (κ1) is 23.8. The van der Waals surface area contributed by atoms with Crippen molar-refractivity contribution in [3.63, 3.8) is 0 Å². The summed E-state index contributed by atoms with van der Waals surface area (Å²) in [5.41, 5.74) is 6.67. The van der Waals surface area contributed by atoms with Gasteiger partial charge in [-0.2, -0.15) is 5.10 Å². The van der Waals surface area contributed by atoms with E-state index in [0.717, 1.165) is 27.9 Å². The molecular formula is C26H29N5O2S. The van der Waals surface area contributed by atoms with Crippen molar-refractivity contribution < 1.29 is 4.79 Å². The van der Waals surface area contributed by atoms with Crippen LogP contribution in [0.4, 0.5) is 5.69 Å². The van der Waals surface area contributed by atoms with Gasteiger partial charge in [-0.25, -0.2) is 4.98 Å². The zero-order valence-electron chi connectivity index (χ0n) is 20.2. The van der Waals surface area contributed by atoms with E-state index in [2.05, 4.69) is 10.4 Å². The second kappa shape index (κ2) is 9.85. The Kier molecular flexibility index (Phi) is 6.88. The van der Waals surface area contributed by atoms with E-state index >= 15 is 0 Å². The number of amides is 1. The number of aryl methyl sites for hydroxylation is 5. The van der Waals surface area contributed by atoms with Crippen molar-refractivity contribution in [1.29, 1.82) is 0 Å². The Balaban J connectivity index is 1.67. The summed E-state index contributed by atoms with van der Waals surface area (Å²) in [5.74, 6) is -0.00360. The molecular weight excluding hydrogens is 446 g/mol. The lowest BCUT2D eigenvalue weighted by atomic mass is 10.1. The van der Waals surface area contributed by atoms with Crippen molar-refractivity contribution in [2.24, 2.45) is 0 Å². The average molecular weight is 476 g/mol. The van der Waals surface area contributed by atoms with Gasteiger partial charge in [0.05, 0.1) is 18.0 Å². The lowest BCUT2D eigenvalue weighted by Crippen LogP contribution is -2.26. The molecule has 1 N–H and O–H groups in total. The molecule has 1 amide bonds. The molecule has 0 saturated carbocycles. The van der Waals surface area contributed by atoms with Gasteiger partial charge >= 0.3 is 0 Å². The van der Waals surface area contributed by atoms with Gasteiger partial charge in [0.25, 0.3) is 5.56 Å². The number of hydrogen-bond acceptors (Lipinski definition) is 5. The van der Waals surface area contributed by atoms with Crippen LogP contribution in [-0.2, 0) is 17.9 Å². The Morgan fingerprint density at radius 2 is 1.74 bits per heavy atom. The van der Waals surface area contributed by atoms with Crippen LogP contribution in [0.25, 0.3) is 11.0 Å². The molecule has 176 valence electrons. The van der Waals surface area contributed by atoms with Crippen LogP contribution < -0.4 is 10.9 Å². The van der Waals surface area contributed by atoms with Crippen molar-refractivity contribution in [2.75, 3.05) is 11.1 Å². The van der Waals surface area contributed by atoms with Gasteiger partial charge in [0.15, 0.2) is 10.7 Å². The van der Waals surface area contributed by atoms with E-state index in [4.69, 9.17) is 4.98 Å². The van der Waals surface area contributed by atoms with E-state index in [1.54, 1.807) is 9.25 Å². The summed E-state index contributed by atoms with van der Waals surface area (Å²) in [7, 11) is 0. The molecule has 4 rings (SSSR count). The minimum atomic E-state index is -0.148. The van der Waals surface area contributed by atoms with Crippen LogP contribution in [0.15, 0.2) is 52.4 Å². The lowest BCUT2D eigenvalue weighted by Gasteiger charge is -2.14. The molecule has 7 nitrogen and oxygen atoms in total. The second-order valence-electron chi connectivity index (χ2n) is 8.52. The van der Waals surface area contributed by atoms with Crippen LogP contribution in [-0.4, -0.2) is 31.0 Å². The molecule has 4 aromatic rings. The number of nitrogens with one attached hydrogen (secondary N) is 1. The molecule has 2 heterocycles. The van der Waals surface area contributed by atoms with Crippen molar-refractivity contribution in [3.05, 3.63) is 80.8 Å². The maximum atomic E-state index is 13.6. The molecule has 0 fully saturated rings. The fraction of sp³-hybridized carbons (Fsp3) is 0.308. The van der Waals surface area contributed by atoms with Gasteiger partial charge < -0.3 is 5.32 Å². The number of rotatable bonds is 7. The molecule has 0 aliphatic carbocycles. The summed E-state index contributed by atoms with van der Waals surface area (Å²) in [6.45, 7) is 10.7. The van der Waals surface area contributed by atoms with Crippen LogP contribution >= 0.6 is 11.8 Å². The molecule has 0 aliphatic heterocycles. The van der Waals surface area contributed by atoms with Crippen molar-refractivity contribution in [2.45, 2.75) is 52.9 Å². The van der Waals surface area contributed by atoms with E-state index in [0.29, 0.717) is 35.0 Å². The lowest BCUT2D eigenvalue weighted by molar-refractivity contribution is -0.113. The highest BCUT2D eigenvalue weighted by Gasteiger charge is 2.19. The average Bonchev–Trinajstić information content (AvgIpc) is 3.14. The first-order valence-corrected chi connectivity index (χ1v) is 12.3. The number of aromatic nitrogens is 4. The summed E-state index contributed by atoms with van der Waals surface area (Å²) in [5, 5.41) is 7.98. The second-order valence-corrected chi connectivity index (χ2v) is 9.47. The van der Waals surface area contributed by atoms with E-state index in [1.807, 2.05) is 77.1 Å². The Morgan fingerprint density at radius 1 is 1.03 bits per heavy atom. The Bertz CT molecular complexity index is 1420. The van der Waals surface area contributed by atoms with Gasteiger partial charge in [-0.15, -0.1) is 0 Å². The van der Waals surface area contributed by atoms with Crippen molar-refractivity contribution >= 4 is 34.4 Å². The Hall–Kier alpha value is -3.39. The van der Waals surface area contributed by atoms with E-state index in [1.165, 1.54) is 11.8 Å². The van der Waals surface area contributed by atoms with Crippen LogP contribution in [0.3, 0.4) is 0 Å². The molecule has 2 aromatic heterocycles. The zero-order valence-corrected chi connectivity index (χ0v) is 21.0. The number of benzene rings is 2. The standard InChI is InChI=1S/C26H29N5O2S/c1-6-31-24-23(19(5)29-31)28-26(30(25(24)33)14-20-11-8-16(2)9-12-20)34-15-22(32)27-21-13-17(3)7-10-18(21)4/h7-13H,6,14-15H2,1-5H3,(H,27,32). The number of carbonyl (C=O) groups is 1. The van der Waals surface area contributed by atoms with Gasteiger partial charge in [0, 0.05) is 12.2 Å². The molecule has 8 heteroatoms. The predicted octanol–water partition coefficient (Wildman–Crippen LogP) is 4.63. The monoisotopic (exact) mass is 475 g/mol. The first-order valence-electron chi connectivity index (χ1n) is 11.3. The molecule has 0 bridgehead atoms. The van der Waals surface area contributed by atoms with Gasteiger partial charge in [-0.3, -0.25) is 18.8 Å². The van der Waals surface area contributed by atoms with Crippen LogP contribution in [0.2, 0.25) is 0 Å². The molecule has 0 atom stereocenters. The quantitative estimate of drug-likeness (QED) is 0.311. The maximum absolute atomic E-state index is 13.6. The minimum absolute atomic E-state index is 0.139. The number of anilines is 1. The fourth-order valence-electron chi connectivity index (χ4n) is 3.83. The molecule has 0 radical (unpaired) electrons. The van der Waals surface area contributed by atoms with Gasteiger partial charge in [-0.05, 0) is 57.4 Å². The topological polar surface area (TPSA) is 81.8 Å². The highest BCUT2D eigenvalue weighted by Crippen LogP contribution is 2.22. The Labute approximate surface area is 203 Å². The molecule has 0 unspecified atom stereocenters. The first-order chi connectivity index (χ1) is 16.3. The number of carbonyl (C=O) groups excluding carboxylic acids is 1. The maximum Gasteiger partial charge on any atom is 0.280 e.